The Hall–Kier alpha value is -1.70. The van der Waals surface area contributed by atoms with Crippen molar-refractivity contribution >= 4 is 22.0 Å². The van der Waals surface area contributed by atoms with Crippen LogP contribution >= 0.6 is 0 Å². The van der Waals surface area contributed by atoms with Crippen LogP contribution in [0.15, 0.2) is 35.2 Å². The molecule has 3 rings (SSSR count). The van der Waals surface area contributed by atoms with Crippen LogP contribution in [0.25, 0.3) is 6.08 Å². The maximum absolute atomic E-state index is 12.8. The number of benzene rings is 1. The van der Waals surface area contributed by atoms with Crippen LogP contribution in [-0.4, -0.2) is 63.3 Å². The Kier molecular flexibility index (Phi) is 8.48. The highest BCUT2D eigenvalue weighted by Gasteiger charge is 2.24. The van der Waals surface area contributed by atoms with Crippen LogP contribution < -0.4 is 5.32 Å². The fourth-order valence-electron chi connectivity index (χ4n) is 4.16. The molecule has 2 heterocycles. The van der Waals surface area contributed by atoms with Crippen molar-refractivity contribution in [2.45, 2.75) is 49.8 Å². The number of rotatable bonds is 7. The second-order valence-corrected chi connectivity index (χ2v) is 10.5. The minimum absolute atomic E-state index is 0.107. The van der Waals surface area contributed by atoms with Crippen molar-refractivity contribution in [2.75, 3.05) is 39.8 Å². The molecule has 0 unspecified atom stereocenters. The first kappa shape index (κ1) is 23.0. The van der Waals surface area contributed by atoms with E-state index in [9.17, 15) is 13.2 Å². The molecular weight excluding hydrogens is 398 g/mol. The molecule has 1 N–H and O–H groups in total. The zero-order valence-corrected chi connectivity index (χ0v) is 18.9. The maximum atomic E-state index is 12.8. The smallest absolute Gasteiger partial charge is 0.243 e. The average molecular weight is 434 g/mol. The molecule has 1 aromatic carbocycles. The van der Waals surface area contributed by atoms with E-state index in [-0.39, 0.29) is 5.91 Å². The highest BCUT2D eigenvalue weighted by molar-refractivity contribution is 7.89. The zero-order valence-electron chi connectivity index (χ0n) is 18.1. The van der Waals surface area contributed by atoms with Gasteiger partial charge in [0, 0.05) is 25.7 Å². The van der Waals surface area contributed by atoms with Crippen molar-refractivity contribution in [3.05, 3.63) is 35.9 Å². The third-order valence-electron chi connectivity index (χ3n) is 6.20. The number of carbonyl (C=O) groups excluding carboxylic acids is 1. The lowest BCUT2D eigenvalue weighted by atomic mass is 9.94. The Labute approximate surface area is 181 Å². The molecule has 2 saturated heterocycles. The second kappa shape index (κ2) is 11.1. The summed E-state index contributed by atoms with van der Waals surface area (Å²) in [4.78, 5) is 14.7. The molecule has 1 aromatic rings. The average Bonchev–Trinajstić information content (AvgIpc) is 3.04. The summed E-state index contributed by atoms with van der Waals surface area (Å²) in [7, 11) is -1.28. The van der Waals surface area contributed by atoms with Crippen molar-refractivity contribution < 1.29 is 13.2 Å². The van der Waals surface area contributed by atoms with E-state index >= 15 is 0 Å². The molecule has 6 nitrogen and oxygen atoms in total. The van der Waals surface area contributed by atoms with E-state index < -0.39 is 10.0 Å². The maximum Gasteiger partial charge on any atom is 0.243 e. The standard InChI is InChI=1S/C23H35N3O3S/c1-25-18-13-21(14-19-25)12-15-24-23(27)11-8-20-6-9-22(10-7-20)30(28,29)26-16-4-2-3-5-17-26/h6-11,21H,2-5,12-19H2,1H3,(H,24,27)/b11-8-. The second-order valence-electron chi connectivity index (χ2n) is 8.55. The summed E-state index contributed by atoms with van der Waals surface area (Å²) in [6, 6.07) is 6.79. The van der Waals surface area contributed by atoms with Gasteiger partial charge >= 0.3 is 0 Å². The summed E-state index contributed by atoms with van der Waals surface area (Å²) in [6.07, 6.45) is 10.7. The zero-order chi connectivity index (χ0) is 21.4. The molecule has 0 bridgehead atoms. The lowest BCUT2D eigenvalue weighted by molar-refractivity contribution is -0.116. The number of nitrogens with zero attached hydrogens (tertiary/aromatic N) is 2. The van der Waals surface area contributed by atoms with Gasteiger partial charge in [0.15, 0.2) is 0 Å². The van der Waals surface area contributed by atoms with Crippen LogP contribution in [-0.2, 0) is 14.8 Å². The van der Waals surface area contributed by atoms with Gasteiger partial charge in [0.05, 0.1) is 4.90 Å². The van der Waals surface area contributed by atoms with E-state index in [2.05, 4.69) is 17.3 Å². The van der Waals surface area contributed by atoms with Crippen LogP contribution in [0.2, 0.25) is 0 Å². The van der Waals surface area contributed by atoms with E-state index in [0.29, 0.717) is 30.4 Å². The molecule has 2 fully saturated rings. The molecule has 2 aliphatic heterocycles. The van der Waals surface area contributed by atoms with Crippen LogP contribution in [0.4, 0.5) is 0 Å². The van der Waals surface area contributed by atoms with Gasteiger partial charge in [-0.2, -0.15) is 4.31 Å². The summed E-state index contributed by atoms with van der Waals surface area (Å²) in [6.45, 7) is 4.18. The van der Waals surface area contributed by atoms with Crippen molar-refractivity contribution in [2.24, 2.45) is 5.92 Å². The molecule has 0 atom stereocenters. The monoisotopic (exact) mass is 433 g/mol. The number of hydrogen-bond acceptors (Lipinski definition) is 4. The number of likely N-dealkylation sites (tertiary alicyclic amines) is 1. The molecule has 30 heavy (non-hydrogen) atoms. The van der Waals surface area contributed by atoms with Crippen molar-refractivity contribution in [1.82, 2.24) is 14.5 Å². The van der Waals surface area contributed by atoms with Gasteiger partial charge in [-0.1, -0.05) is 25.0 Å². The fourth-order valence-corrected chi connectivity index (χ4v) is 5.68. The minimum Gasteiger partial charge on any atom is -0.353 e. The summed E-state index contributed by atoms with van der Waals surface area (Å²) in [5.74, 6) is 0.591. The van der Waals surface area contributed by atoms with Gasteiger partial charge in [-0.25, -0.2) is 8.42 Å². The number of piperidine rings is 1. The van der Waals surface area contributed by atoms with Crippen LogP contribution in [0.1, 0.15) is 50.5 Å². The predicted molar refractivity (Wildman–Crippen MR) is 121 cm³/mol. The predicted octanol–water partition coefficient (Wildman–Crippen LogP) is 3.11. The van der Waals surface area contributed by atoms with Gasteiger partial charge in [0.25, 0.3) is 0 Å². The summed E-state index contributed by atoms with van der Waals surface area (Å²) < 4.78 is 27.3. The van der Waals surface area contributed by atoms with Crippen LogP contribution in [0.5, 0.6) is 0 Å². The van der Waals surface area contributed by atoms with Gasteiger partial charge in [-0.15, -0.1) is 0 Å². The Morgan fingerprint density at radius 3 is 2.30 bits per heavy atom. The van der Waals surface area contributed by atoms with Gasteiger partial charge in [-0.3, -0.25) is 4.79 Å². The summed E-state index contributed by atoms with van der Waals surface area (Å²) >= 11 is 0. The fraction of sp³-hybridized carbons (Fsp3) is 0.609. The van der Waals surface area contributed by atoms with Crippen molar-refractivity contribution in [3.8, 4) is 0 Å². The first-order valence-corrected chi connectivity index (χ1v) is 12.6. The molecule has 0 aromatic heterocycles. The normalized spacial score (nSPS) is 20.3. The molecule has 0 saturated carbocycles. The van der Waals surface area contributed by atoms with Gasteiger partial charge in [-0.05, 0) is 81.9 Å². The first-order valence-electron chi connectivity index (χ1n) is 11.2. The van der Waals surface area contributed by atoms with Gasteiger partial charge < -0.3 is 10.2 Å². The van der Waals surface area contributed by atoms with Gasteiger partial charge in [0.2, 0.25) is 15.9 Å². The molecule has 7 heteroatoms. The van der Waals surface area contributed by atoms with E-state index in [4.69, 9.17) is 0 Å². The number of nitrogens with one attached hydrogen (secondary N) is 1. The Morgan fingerprint density at radius 2 is 1.67 bits per heavy atom. The summed E-state index contributed by atoms with van der Waals surface area (Å²) in [5, 5.41) is 2.95. The molecule has 166 valence electrons. The third-order valence-corrected chi connectivity index (χ3v) is 8.11. The van der Waals surface area contributed by atoms with Gasteiger partial charge in [0.1, 0.15) is 0 Å². The van der Waals surface area contributed by atoms with Crippen LogP contribution in [0.3, 0.4) is 0 Å². The number of hydrogen-bond donors (Lipinski definition) is 1. The molecule has 0 aliphatic carbocycles. The van der Waals surface area contributed by atoms with E-state index in [0.717, 1.165) is 50.8 Å². The largest absolute Gasteiger partial charge is 0.353 e. The summed E-state index contributed by atoms with van der Waals surface area (Å²) in [5.41, 5.74) is 0.815. The molecule has 0 spiro atoms. The van der Waals surface area contributed by atoms with E-state index in [1.165, 1.54) is 18.9 Å². The highest BCUT2D eigenvalue weighted by atomic mass is 32.2. The van der Waals surface area contributed by atoms with E-state index in [1.807, 2.05) is 0 Å². The third kappa shape index (κ3) is 6.65. The SMILES string of the molecule is CN1CCC(CCNC(=O)/C=C\c2ccc(S(=O)(=O)N3CCCCCC3)cc2)CC1. The lowest BCUT2D eigenvalue weighted by Crippen LogP contribution is -2.32. The Bertz CT molecular complexity index is 805. The first-order chi connectivity index (χ1) is 14.4. The van der Waals surface area contributed by atoms with Crippen molar-refractivity contribution in [1.29, 1.82) is 0 Å². The molecule has 1 amide bonds. The van der Waals surface area contributed by atoms with E-state index in [1.54, 1.807) is 34.6 Å². The lowest BCUT2D eigenvalue weighted by Gasteiger charge is -2.28. The molecule has 0 radical (unpaired) electrons. The number of carbonyl (C=O) groups is 1. The number of sulfonamides is 1. The molecular formula is C23H35N3O3S. The minimum atomic E-state index is -3.43. The quantitative estimate of drug-likeness (QED) is 0.671. The highest BCUT2D eigenvalue weighted by Crippen LogP contribution is 2.21. The molecule has 2 aliphatic rings. The topological polar surface area (TPSA) is 69.7 Å². The Balaban J connectivity index is 1.47. The Morgan fingerprint density at radius 1 is 1.03 bits per heavy atom. The van der Waals surface area contributed by atoms with Crippen LogP contribution in [0, 0.1) is 5.92 Å². The van der Waals surface area contributed by atoms with Crippen molar-refractivity contribution in [3.63, 3.8) is 0 Å². The number of amides is 1.